The van der Waals surface area contributed by atoms with Gasteiger partial charge in [-0.1, -0.05) is 24.3 Å². The molecule has 3 heteroatoms. The van der Waals surface area contributed by atoms with Crippen molar-refractivity contribution in [2.45, 2.75) is 39.1 Å². The Labute approximate surface area is 110 Å². The Morgan fingerprint density at radius 3 is 2.22 bits per heavy atom. The van der Waals surface area contributed by atoms with Crippen LogP contribution in [0.15, 0.2) is 24.3 Å². The molecule has 0 saturated carbocycles. The summed E-state index contributed by atoms with van der Waals surface area (Å²) in [5.41, 5.74) is 2.72. The van der Waals surface area contributed by atoms with Crippen molar-refractivity contribution in [2.75, 3.05) is 20.1 Å². The third-order valence-corrected chi connectivity index (χ3v) is 3.31. The van der Waals surface area contributed by atoms with Gasteiger partial charge in [-0.3, -0.25) is 4.90 Å². The first-order chi connectivity index (χ1) is 8.67. The van der Waals surface area contributed by atoms with Crippen LogP contribution < -0.4 is 5.32 Å². The smallest absolute Gasteiger partial charge is 0.0678 e. The van der Waals surface area contributed by atoms with Gasteiger partial charge in [0.2, 0.25) is 0 Å². The summed E-state index contributed by atoms with van der Waals surface area (Å²) in [4.78, 5) is 2.48. The summed E-state index contributed by atoms with van der Waals surface area (Å²) in [5.74, 6) is 0. The highest BCUT2D eigenvalue weighted by molar-refractivity contribution is 5.22. The molecule has 100 valence electrons. The molecule has 0 aliphatic carbocycles. The van der Waals surface area contributed by atoms with Crippen molar-refractivity contribution in [3.05, 3.63) is 35.4 Å². The van der Waals surface area contributed by atoms with E-state index < -0.39 is 0 Å². The number of hydrogen-bond donors (Lipinski definition) is 1. The molecule has 3 nitrogen and oxygen atoms in total. The van der Waals surface area contributed by atoms with E-state index in [1.54, 1.807) is 0 Å². The van der Waals surface area contributed by atoms with Gasteiger partial charge in [0.25, 0.3) is 0 Å². The zero-order chi connectivity index (χ0) is 13.0. The van der Waals surface area contributed by atoms with Crippen LogP contribution in [0.2, 0.25) is 0 Å². The summed E-state index contributed by atoms with van der Waals surface area (Å²) in [7, 11) is 1.98. The van der Waals surface area contributed by atoms with Crippen molar-refractivity contribution in [1.82, 2.24) is 10.2 Å². The highest BCUT2D eigenvalue weighted by atomic mass is 16.5. The molecule has 1 fully saturated rings. The molecule has 18 heavy (non-hydrogen) atoms. The van der Waals surface area contributed by atoms with E-state index in [0.29, 0.717) is 12.2 Å². The van der Waals surface area contributed by atoms with Crippen LogP contribution in [0.4, 0.5) is 0 Å². The van der Waals surface area contributed by atoms with Crippen LogP contribution in [-0.4, -0.2) is 37.2 Å². The average molecular weight is 248 g/mol. The van der Waals surface area contributed by atoms with Gasteiger partial charge in [0.1, 0.15) is 0 Å². The lowest BCUT2D eigenvalue weighted by Crippen LogP contribution is -2.44. The fourth-order valence-electron chi connectivity index (χ4n) is 2.64. The fourth-order valence-corrected chi connectivity index (χ4v) is 2.64. The topological polar surface area (TPSA) is 24.5 Å². The number of ether oxygens (including phenoxy) is 1. The van der Waals surface area contributed by atoms with Gasteiger partial charge in [0, 0.05) is 26.2 Å². The van der Waals surface area contributed by atoms with E-state index in [9.17, 15) is 0 Å². The third-order valence-electron chi connectivity index (χ3n) is 3.31. The Bertz CT molecular complexity index is 353. The minimum Gasteiger partial charge on any atom is -0.373 e. The first-order valence-electron chi connectivity index (χ1n) is 6.77. The van der Waals surface area contributed by atoms with E-state index in [-0.39, 0.29) is 0 Å². The molecule has 2 rings (SSSR count). The molecule has 1 aromatic carbocycles. The fraction of sp³-hybridized carbons (Fsp3) is 0.600. The zero-order valence-corrected chi connectivity index (χ0v) is 11.6. The number of morpholine rings is 1. The van der Waals surface area contributed by atoms with Gasteiger partial charge in [-0.05, 0) is 32.0 Å². The second kappa shape index (κ2) is 6.32. The maximum atomic E-state index is 5.76. The highest BCUT2D eigenvalue weighted by Gasteiger charge is 2.21. The van der Waals surface area contributed by atoms with E-state index in [1.165, 1.54) is 11.1 Å². The Morgan fingerprint density at radius 1 is 1.11 bits per heavy atom. The van der Waals surface area contributed by atoms with Gasteiger partial charge >= 0.3 is 0 Å². The summed E-state index contributed by atoms with van der Waals surface area (Å²) in [6.45, 7) is 8.33. The monoisotopic (exact) mass is 248 g/mol. The van der Waals surface area contributed by atoms with E-state index in [4.69, 9.17) is 4.74 Å². The highest BCUT2D eigenvalue weighted by Crippen LogP contribution is 2.14. The second-order valence-electron chi connectivity index (χ2n) is 5.30. The lowest BCUT2D eigenvalue weighted by molar-refractivity contribution is -0.0704. The van der Waals surface area contributed by atoms with E-state index in [1.807, 2.05) is 7.05 Å². The molecular formula is C15H24N2O. The second-order valence-corrected chi connectivity index (χ2v) is 5.30. The summed E-state index contributed by atoms with van der Waals surface area (Å²) >= 11 is 0. The molecule has 2 unspecified atom stereocenters. The van der Waals surface area contributed by atoms with Gasteiger partial charge in [-0.15, -0.1) is 0 Å². The maximum absolute atomic E-state index is 5.76. The minimum absolute atomic E-state index is 0.345. The number of nitrogens with one attached hydrogen (secondary N) is 1. The number of benzene rings is 1. The number of nitrogens with zero attached hydrogens (tertiary/aromatic N) is 1. The summed E-state index contributed by atoms with van der Waals surface area (Å²) in [6.07, 6.45) is 0.689. The average Bonchev–Trinajstić information content (AvgIpc) is 2.31. The molecule has 1 aliphatic heterocycles. The first kappa shape index (κ1) is 13.5. The van der Waals surface area contributed by atoms with Crippen molar-refractivity contribution in [1.29, 1.82) is 0 Å². The summed E-state index contributed by atoms with van der Waals surface area (Å²) in [6, 6.07) is 8.88. The standard InChI is InChI=1S/C15H24N2O/c1-12-9-17(10-13(2)18-12)11-15-6-4-14(5-7-15)8-16-3/h4-7,12-13,16H,8-11H2,1-3H3. The predicted molar refractivity (Wildman–Crippen MR) is 74.5 cm³/mol. The van der Waals surface area contributed by atoms with E-state index in [0.717, 1.165) is 26.2 Å². The number of rotatable bonds is 4. The maximum Gasteiger partial charge on any atom is 0.0678 e. The first-order valence-corrected chi connectivity index (χ1v) is 6.77. The molecule has 0 spiro atoms. The van der Waals surface area contributed by atoms with Gasteiger partial charge in [-0.25, -0.2) is 0 Å². The van der Waals surface area contributed by atoms with E-state index >= 15 is 0 Å². The molecule has 0 radical (unpaired) electrons. The molecule has 0 amide bonds. The molecule has 1 N–H and O–H groups in total. The van der Waals surface area contributed by atoms with Gasteiger partial charge in [-0.2, -0.15) is 0 Å². The van der Waals surface area contributed by atoms with Crippen molar-refractivity contribution >= 4 is 0 Å². The van der Waals surface area contributed by atoms with Crippen LogP contribution in [0.1, 0.15) is 25.0 Å². The van der Waals surface area contributed by atoms with Crippen LogP contribution in [-0.2, 0) is 17.8 Å². The van der Waals surface area contributed by atoms with Gasteiger partial charge < -0.3 is 10.1 Å². The van der Waals surface area contributed by atoms with Crippen LogP contribution >= 0.6 is 0 Å². The molecule has 1 saturated heterocycles. The van der Waals surface area contributed by atoms with Crippen molar-refractivity contribution in [2.24, 2.45) is 0 Å². The quantitative estimate of drug-likeness (QED) is 0.882. The molecule has 1 heterocycles. The van der Waals surface area contributed by atoms with Crippen LogP contribution in [0.25, 0.3) is 0 Å². The molecular weight excluding hydrogens is 224 g/mol. The van der Waals surface area contributed by atoms with Gasteiger partial charge in [0.05, 0.1) is 12.2 Å². The molecule has 1 aromatic rings. The Balaban J connectivity index is 1.92. The zero-order valence-electron chi connectivity index (χ0n) is 11.6. The Morgan fingerprint density at radius 2 is 1.67 bits per heavy atom. The molecule has 1 aliphatic rings. The molecule has 2 atom stereocenters. The van der Waals surface area contributed by atoms with Crippen molar-refractivity contribution in [3.63, 3.8) is 0 Å². The minimum atomic E-state index is 0.345. The van der Waals surface area contributed by atoms with Gasteiger partial charge in [0.15, 0.2) is 0 Å². The van der Waals surface area contributed by atoms with E-state index in [2.05, 4.69) is 48.3 Å². The Hall–Kier alpha value is -0.900. The normalized spacial score (nSPS) is 25.3. The van der Waals surface area contributed by atoms with Crippen LogP contribution in [0.3, 0.4) is 0 Å². The lowest BCUT2D eigenvalue weighted by atomic mass is 10.1. The molecule has 0 bridgehead atoms. The number of hydrogen-bond acceptors (Lipinski definition) is 3. The Kier molecular flexibility index (Phi) is 4.75. The van der Waals surface area contributed by atoms with Crippen molar-refractivity contribution in [3.8, 4) is 0 Å². The van der Waals surface area contributed by atoms with Crippen molar-refractivity contribution < 1.29 is 4.74 Å². The third kappa shape index (κ3) is 3.80. The van der Waals surface area contributed by atoms with Crippen LogP contribution in [0.5, 0.6) is 0 Å². The lowest BCUT2D eigenvalue weighted by Gasteiger charge is -2.35. The SMILES string of the molecule is CNCc1ccc(CN2CC(C)OC(C)C2)cc1. The van der Waals surface area contributed by atoms with Crippen LogP contribution in [0, 0.1) is 0 Å². The summed E-state index contributed by atoms with van der Waals surface area (Å²) < 4.78 is 5.76. The summed E-state index contributed by atoms with van der Waals surface area (Å²) in [5, 5.41) is 3.17. The largest absolute Gasteiger partial charge is 0.373 e. The molecule has 0 aromatic heterocycles. The predicted octanol–water partition coefficient (Wildman–Crippen LogP) is 2.02.